The van der Waals surface area contributed by atoms with Gasteiger partial charge in [0.2, 0.25) is 0 Å². The van der Waals surface area contributed by atoms with E-state index in [2.05, 4.69) is 40.6 Å². The van der Waals surface area contributed by atoms with Crippen LogP contribution in [-0.2, 0) is 6.54 Å². The maximum atomic E-state index is 4.62. The molecule has 1 aliphatic heterocycles. The predicted molar refractivity (Wildman–Crippen MR) is 63.4 cm³/mol. The van der Waals surface area contributed by atoms with Gasteiger partial charge >= 0.3 is 0 Å². The van der Waals surface area contributed by atoms with Crippen molar-refractivity contribution in [3.63, 3.8) is 0 Å². The van der Waals surface area contributed by atoms with Gasteiger partial charge in [-0.25, -0.2) is 4.98 Å². The van der Waals surface area contributed by atoms with E-state index in [0.29, 0.717) is 0 Å². The summed E-state index contributed by atoms with van der Waals surface area (Å²) in [7, 11) is 2.09. The summed E-state index contributed by atoms with van der Waals surface area (Å²) in [5.74, 6) is 2.06. The average Bonchev–Trinajstić information content (AvgIpc) is 2.42. The Kier molecular flexibility index (Phi) is 3.06. The summed E-state index contributed by atoms with van der Waals surface area (Å²) < 4.78 is 0. The van der Waals surface area contributed by atoms with Crippen molar-refractivity contribution in [2.24, 2.45) is 0 Å². The lowest BCUT2D eigenvalue weighted by atomic mass is 10.2. The van der Waals surface area contributed by atoms with Crippen LogP contribution in [0.3, 0.4) is 0 Å². The molecule has 0 bridgehead atoms. The molecule has 0 saturated carbocycles. The Balaban J connectivity index is 2.31. The summed E-state index contributed by atoms with van der Waals surface area (Å²) in [6, 6.07) is 4.19. The molecule has 1 aromatic rings. The van der Waals surface area contributed by atoms with Crippen molar-refractivity contribution in [3.05, 3.63) is 17.7 Å². The molecule has 0 amide bonds. The Bertz CT molecular complexity index is 337. The van der Waals surface area contributed by atoms with Gasteiger partial charge in [-0.1, -0.05) is 6.07 Å². The van der Waals surface area contributed by atoms with E-state index in [1.165, 1.54) is 5.56 Å². The summed E-state index contributed by atoms with van der Waals surface area (Å²) in [6.45, 7) is 5.93. The Hall–Kier alpha value is -1.29. The second-order valence-corrected chi connectivity index (χ2v) is 3.81. The summed E-state index contributed by atoms with van der Waals surface area (Å²) >= 11 is 0. The van der Waals surface area contributed by atoms with E-state index in [-0.39, 0.29) is 0 Å². The van der Waals surface area contributed by atoms with E-state index in [1.807, 2.05) is 6.07 Å². The molecule has 0 radical (unpaired) electrons. The standard InChI is InChI=1S/C11H18N4/c1-3-13-10-5-4-9-8-12-6-7-15(2)11(9)14-10/h4-5,12H,3,6-8H2,1-2H3,(H,13,14). The minimum absolute atomic E-state index is 0.910. The molecule has 0 saturated heterocycles. The van der Waals surface area contributed by atoms with Gasteiger partial charge in [-0.2, -0.15) is 0 Å². The fourth-order valence-corrected chi connectivity index (χ4v) is 1.80. The first-order valence-electron chi connectivity index (χ1n) is 5.47. The van der Waals surface area contributed by atoms with Crippen LogP contribution in [0.15, 0.2) is 12.1 Å². The van der Waals surface area contributed by atoms with E-state index in [9.17, 15) is 0 Å². The van der Waals surface area contributed by atoms with Crippen molar-refractivity contribution in [1.29, 1.82) is 0 Å². The average molecular weight is 206 g/mol. The topological polar surface area (TPSA) is 40.2 Å². The van der Waals surface area contributed by atoms with Gasteiger partial charge in [0, 0.05) is 38.8 Å². The zero-order valence-corrected chi connectivity index (χ0v) is 9.38. The molecule has 0 unspecified atom stereocenters. The molecule has 0 fully saturated rings. The van der Waals surface area contributed by atoms with Gasteiger partial charge in [0.25, 0.3) is 0 Å². The summed E-state index contributed by atoms with van der Waals surface area (Å²) in [4.78, 5) is 6.82. The van der Waals surface area contributed by atoms with Crippen LogP contribution in [0.5, 0.6) is 0 Å². The van der Waals surface area contributed by atoms with Crippen molar-refractivity contribution in [3.8, 4) is 0 Å². The van der Waals surface area contributed by atoms with E-state index < -0.39 is 0 Å². The van der Waals surface area contributed by atoms with Crippen molar-refractivity contribution < 1.29 is 0 Å². The first-order chi connectivity index (χ1) is 7.31. The molecular formula is C11H18N4. The van der Waals surface area contributed by atoms with Crippen molar-refractivity contribution in [2.45, 2.75) is 13.5 Å². The lowest BCUT2D eigenvalue weighted by molar-refractivity contribution is 0.706. The summed E-state index contributed by atoms with van der Waals surface area (Å²) in [5, 5.41) is 6.62. The van der Waals surface area contributed by atoms with Gasteiger partial charge in [-0.15, -0.1) is 0 Å². The monoisotopic (exact) mass is 206 g/mol. The Morgan fingerprint density at radius 2 is 2.40 bits per heavy atom. The fourth-order valence-electron chi connectivity index (χ4n) is 1.80. The quantitative estimate of drug-likeness (QED) is 0.759. The fraction of sp³-hybridized carbons (Fsp3) is 0.545. The van der Waals surface area contributed by atoms with Gasteiger partial charge in [0.1, 0.15) is 11.6 Å². The smallest absolute Gasteiger partial charge is 0.135 e. The number of hydrogen-bond acceptors (Lipinski definition) is 4. The number of hydrogen-bond donors (Lipinski definition) is 2. The molecule has 0 aromatic carbocycles. The molecule has 0 spiro atoms. The minimum atomic E-state index is 0.910. The molecule has 82 valence electrons. The number of nitrogens with one attached hydrogen (secondary N) is 2. The largest absolute Gasteiger partial charge is 0.370 e. The molecule has 0 aliphatic carbocycles. The highest BCUT2D eigenvalue weighted by atomic mass is 15.2. The zero-order chi connectivity index (χ0) is 10.7. The number of fused-ring (bicyclic) bond motifs is 1. The normalized spacial score (nSPS) is 15.7. The van der Waals surface area contributed by atoms with E-state index in [1.54, 1.807) is 0 Å². The Labute approximate surface area is 90.7 Å². The maximum absolute atomic E-state index is 4.62. The predicted octanol–water partition coefficient (Wildman–Crippen LogP) is 1.05. The lowest BCUT2D eigenvalue weighted by Gasteiger charge is -2.18. The number of pyridine rings is 1. The summed E-state index contributed by atoms with van der Waals surface area (Å²) in [5.41, 5.74) is 1.27. The van der Waals surface area contributed by atoms with Crippen LogP contribution in [0, 0.1) is 0 Å². The first-order valence-corrected chi connectivity index (χ1v) is 5.47. The SMILES string of the molecule is CCNc1ccc2c(n1)N(C)CCNC2. The summed E-state index contributed by atoms with van der Waals surface area (Å²) in [6.07, 6.45) is 0. The Morgan fingerprint density at radius 3 is 3.20 bits per heavy atom. The molecule has 15 heavy (non-hydrogen) atoms. The molecule has 2 N–H and O–H groups in total. The first kappa shape index (κ1) is 10.2. The van der Waals surface area contributed by atoms with E-state index in [0.717, 1.165) is 37.8 Å². The van der Waals surface area contributed by atoms with Gasteiger partial charge < -0.3 is 15.5 Å². The van der Waals surface area contributed by atoms with Crippen molar-refractivity contribution in [1.82, 2.24) is 10.3 Å². The second kappa shape index (κ2) is 4.49. The van der Waals surface area contributed by atoms with Crippen LogP contribution in [0.4, 0.5) is 11.6 Å². The zero-order valence-electron chi connectivity index (χ0n) is 9.38. The van der Waals surface area contributed by atoms with E-state index >= 15 is 0 Å². The highest BCUT2D eigenvalue weighted by Gasteiger charge is 2.13. The highest BCUT2D eigenvalue weighted by molar-refractivity contribution is 5.53. The molecular weight excluding hydrogens is 188 g/mol. The van der Waals surface area contributed by atoms with Crippen LogP contribution in [0.2, 0.25) is 0 Å². The molecule has 2 heterocycles. The number of aromatic nitrogens is 1. The van der Waals surface area contributed by atoms with Gasteiger partial charge in [0.15, 0.2) is 0 Å². The molecule has 4 nitrogen and oxygen atoms in total. The van der Waals surface area contributed by atoms with Crippen LogP contribution < -0.4 is 15.5 Å². The van der Waals surface area contributed by atoms with Crippen molar-refractivity contribution in [2.75, 3.05) is 36.9 Å². The third kappa shape index (κ3) is 2.21. The van der Waals surface area contributed by atoms with Gasteiger partial charge in [-0.3, -0.25) is 0 Å². The lowest BCUT2D eigenvalue weighted by Crippen LogP contribution is -2.25. The van der Waals surface area contributed by atoms with Gasteiger partial charge in [-0.05, 0) is 13.0 Å². The minimum Gasteiger partial charge on any atom is -0.370 e. The number of nitrogens with zero attached hydrogens (tertiary/aromatic N) is 2. The van der Waals surface area contributed by atoms with Crippen LogP contribution in [0.25, 0.3) is 0 Å². The highest BCUT2D eigenvalue weighted by Crippen LogP contribution is 2.20. The second-order valence-electron chi connectivity index (χ2n) is 3.81. The van der Waals surface area contributed by atoms with E-state index in [4.69, 9.17) is 0 Å². The van der Waals surface area contributed by atoms with Crippen LogP contribution in [0.1, 0.15) is 12.5 Å². The molecule has 4 heteroatoms. The third-order valence-electron chi connectivity index (χ3n) is 2.61. The number of anilines is 2. The molecule has 2 rings (SSSR count). The molecule has 0 atom stereocenters. The van der Waals surface area contributed by atoms with Crippen LogP contribution in [-0.4, -0.2) is 31.7 Å². The number of likely N-dealkylation sites (N-methyl/N-ethyl adjacent to an activating group) is 1. The van der Waals surface area contributed by atoms with Crippen molar-refractivity contribution >= 4 is 11.6 Å². The molecule has 1 aromatic heterocycles. The maximum Gasteiger partial charge on any atom is 0.135 e. The van der Waals surface area contributed by atoms with Gasteiger partial charge in [0.05, 0.1) is 0 Å². The Morgan fingerprint density at radius 1 is 1.53 bits per heavy atom. The molecule has 1 aliphatic rings. The van der Waals surface area contributed by atoms with Crippen LogP contribution >= 0.6 is 0 Å². The third-order valence-corrected chi connectivity index (χ3v) is 2.61. The number of rotatable bonds is 2.